The van der Waals surface area contributed by atoms with Gasteiger partial charge in [-0.15, -0.1) is 0 Å². The number of rotatable bonds is 3. The zero-order chi connectivity index (χ0) is 17.3. The van der Waals surface area contributed by atoms with Gasteiger partial charge in [-0.2, -0.15) is 0 Å². The minimum absolute atomic E-state index is 0.0736. The number of ether oxygens (including phenoxy) is 1. The van der Waals surface area contributed by atoms with Crippen LogP contribution in [-0.4, -0.2) is 51.1 Å². The second-order valence-electron chi connectivity index (χ2n) is 6.43. The standard InChI is InChI=1S/C18H22N2O4/c1-19-9-7-13(8-10-19)20(2)17(21)14-11-12-5-4-6-15(23-3)16(12)24-18(14)22/h4-6,11,13H,7-10H2,1-3H3/p+1. The second kappa shape index (κ2) is 6.65. The predicted octanol–water partition coefficient (Wildman–Crippen LogP) is 0.551. The van der Waals surface area contributed by atoms with Crippen LogP contribution in [0.2, 0.25) is 0 Å². The van der Waals surface area contributed by atoms with Crippen molar-refractivity contribution in [2.24, 2.45) is 0 Å². The molecule has 24 heavy (non-hydrogen) atoms. The third-order valence-corrected chi connectivity index (χ3v) is 4.85. The number of fused-ring (bicyclic) bond motifs is 1. The van der Waals surface area contributed by atoms with Gasteiger partial charge in [-0.05, 0) is 12.1 Å². The highest BCUT2D eigenvalue weighted by molar-refractivity contribution is 5.97. The molecular formula is C18H23N2O4+. The molecule has 6 heteroatoms. The molecule has 0 aliphatic carbocycles. The molecule has 1 aliphatic heterocycles. The van der Waals surface area contributed by atoms with Gasteiger partial charge in [-0.25, -0.2) is 4.79 Å². The van der Waals surface area contributed by atoms with Crippen molar-refractivity contribution in [2.75, 3.05) is 34.3 Å². The molecular weight excluding hydrogens is 308 g/mol. The molecule has 2 aromatic rings. The minimum atomic E-state index is -0.623. The van der Waals surface area contributed by atoms with E-state index in [1.807, 2.05) is 0 Å². The van der Waals surface area contributed by atoms with E-state index in [2.05, 4.69) is 7.05 Å². The van der Waals surface area contributed by atoms with Crippen LogP contribution in [0.4, 0.5) is 0 Å². The van der Waals surface area contributed by atoms with Crippen molar-refractivity contribution in [2.45, 2.75) is 18.9 Å². The highest BCUT2D eigenvalue weighted by Crippen LogP contribution is 2.25. The smallest absolute Gasteiger partial charge is 0.349 e. The van der Waals surface area contributed by atoms with Crippen LogP contribution in [0.5, 0.6) is 5.75 Å². The van der Waals surface area contributed by atoms with Gasteiger partial charge in [-0.3, -0.25) is 4.79 Å². The van der Waals surface area contributed by atoms with E-state index >= 15 is 0 Å². The largest absolute Gasteiger partial charge is 0.493 e. The molecule has 1 N–H and O–H groups in total. The zero-order valence-corrected chi connectivity index (χ0v) is 14.3. The maximum absolute atomic E-state index is 12.8. The topological polar surface area (TPSA) is 64.2 Å². The molecule has 1 fully saturated rings. The van der Waals surface area contributed by atoms with Crippen LogP contribution >= 0.6 is 0 Å². The number of amides is 1. The summed E-state index contributed by atoms with van der Waals surface area (Å²) in [4.78, 5) is 28.2. The Morgan fingerprint density at radius 3 is 2.71 bits per heavy atom. The van der Waals surface area contributed by atoms with Crippen molar-refractivity contribution in [1.29, 1.82) is 0 Å². The van der Waals surface area contributed by atoms with E-state index in [4.69, 9.17) is 9.15 Å². The fourth-order valence-electron chi connectivity index (χ4n) is 3.27. The van der Waals surface area contributed by atoms with Crippen LogP contribution in [0.3, 0.4) is 0 Å². The van der Waals surface area contributed by atoms with Crippen LogP contribution in [0.15, 0.2) is 33.5 Å². The summed E-state index contributed by atoms with van der Waals surface area (Å²) in [6, 6.07) is 7.10. The SMILES string of the molecule is COc1cccc2cc(C(=O)N(C)C3CC[NH+](C)CC3)c(=O)oc12. The number of likely N-dealkylation sites (tertiary alicyclic amines) is 1. The number of carbonyl (C=O) groups excluding carboxylic acids is 1. The molecule has 0 atom stereocenters. The normalized spacial score (nSPS) is 20.8. The number of hydrogen-bond acceptors (Lipinski definition) is 4. The van der Waals surface area contributed by atoms with Crippen molar-refractivity contribution < 1.29 is 18.8 Å². The Bertz CT molecular complexity index is 806. The number of hydrogen-bond donors (Lipinski definition) is 1. The average molecular weight is 331 g/mol. The Morgan fingerprint density at radius 2 is 2.04 bits per heavy atom. The number of benzene rings is 1. The van der Waals surface area contributed by atoms with Gasteiger partial charge in [0.1, 0.15) is 5.56 Å². The quantitative estimate of drug-likeness (QED) is 0.835. The van der Waals surface area contributed by atoms with Gasteiger partial charge < -0.3 is 19.0 Å². The predicted molar refractivity (Wildman–Crippen MR) is 90.8 cm³/mol. The Morgan fingerprint density at radius 1 is 1.33 bits per heavy atom. The summed E-state index contributed by atoms with van der Waals surface area (Å²) < 4.78 is 10.6. The van der Waals surface area contributed by atoms with Gasteiger partial charge >= 0.3 is 5.63 Å². The van der Waals surface area contributed by atoms with Gasteiger partial charge in [0, 0.05) is 31.3 Å². The molecule has 1 aromatic heterocycles. The molecule has 0 spiro atoms. The highest BCUT2D eigenvalue weighted by Gasteiger charge is 2.28. The van der Waals surface area contributed by atoms with E-state index in [-0.39, 0.29) is 17.5 Å². The number of methoxy groups -OCH3 is 1. The molecule has 1 aliphatic rings. The van der Waals surface area contributed by atoms with E-state index in [0.717, 1.165) is 25.9 Å². The van der Waals surface area contributed by atoms with Crippen molar-refractivity contribution in [3.8, 4) is 5.75 Å². The lowest BCUT2D eigenvalue weighted by atomic mass is 10.0. The lowest BCUT2D eigenvalue weighted by Crippen LogP contribution is -3.10. The van der Waals surface area contributed by atoms with E-state index in [1.54, 1.807) is 36.2 Å². The number of carbonyl (C=O) groups is 1. The van der Waals surface area contributed by atoms with Crippen molar-refractivity contribution in [1.82, 2.24) is 4.90 Å². The molecule has 128 valence electrons. The summed E-state index contributed by atoms with van der Waals surface area (Å²) in [7, 11) is 5.44. The number of quaternary nitrogens is 1. The zero-order valence-electron chi connectivity index (χ0n) is 14.3. The van der Waals surface area contributed by atoms with E-state index < -0.39 is 5.63 Å². The monoisotopic (exact) mass is 331 g/mol. The summed E-state index contributed by atoms with van der Waals surface area (Å²) in [6.07, 6.45) is 1.89. The molecule has 3 rings (SSSR count). The van der Waals surface area contributed by atoms with Gasteiger partial charge in [0.2, 0.25) is 0 Å². The maximum atomic E-state index is 12.8. The summed E-state index contributed by atoms with van der Waals surface area (Å²) >= 11 is 0. The maximum Gasteiger partial charge on any atom is 0.349 e. The van der Waals surface area contributed by atoms with Gasteiger partial charge in [0.25, 0.3) is 5.91 Å². The third-order valence-electron chi connectivity index (χ3n) is 4.85. The van der Waals surface area contributed by atoms with Crippen LogP contribution < -0.4 is 15.3 Å². The first kappa shape index (κ1) is 16.5. The Kier molecular flexibility index (Phi) is 4.57. The molecule has 0 radical (unpaired) electrons. The molecule has 0 bridgehead atoms. The minimum Gasteiger partial charge on any atom is -0.493 e. The van der Waals surface area contributed by atoms with Crippen LogP contribution in [0.1, 0.15) is 23.2 Å². The fraction of sp³-hybridized carbons (Fsp3) is 0.444. The first-order chi connectivity index (χ1) is 11.5. The number of piperidine rings is 1. The Balaban J connectivity index is 1.92. The first-order valence-corrected chi connectivity index (χ1v) is 8.20. The summed E-state index contributed by atoms with van der Waals surface area (Å²) in [5, 5.41) is 0.679. The van der Waals surface area contributed by atoms with Crippen molar-refractivity contribution in [3.63, 3.8) is 0 Å². The molecule has 0 unspecified atom stereocenters. The fourth-order valence-corrected chi connectivity index (χ4v) is 3.27. The summed E-state index contributed by atoms with van der Waals surface area (Å²) in [5.41, 5.74) is -0.181. The van der Waals surface area contributed by atoms with Crippen LogP contribution in [0.25, 0.3) is 11.0 Å². The van der Waals surface area contributed by atoms with Crippen molar-refractivity contribution >= 4 is 16.9 Å². The summed E-state index contributed by atoms with van der Waals surface area (Å²) in [5.74, 6) is 0.202. The van der Waals surface area contributed by atoms with Crippen LogP contribution in [0, 0.1) is 0 Å². The number of nitrogens with one attached hydrogen (secondary N) is 1. The Labute approximate surface area is 140 Å². The lowest BCUT2D eigenvalue weighted by molar-refractivity contribution is -0.885. The molecule has 1 amide bonds. The molecule has 6 nitrogen and oxygen atoms in total. The second-order valence-corrected chi connectivity index (χ2v) is 6.43. The van der Waals surface area contributed by atoms with E-state index in [1.165, 1.54) is 12.0 Å². The van der Waals surface area contributed by atoms with E-state index in [0.29, 0.717) is 16.7 Å². The average Bonchev–Trinajstić information content (AvgIpc) is 2.60. The third kappa shape index (κ3) is 3.01. The molecule has 2 heterocycles. The Hall–Kier alpha value is -2.34. The number of nitrogens with zero attached hydrogens (tertiary/aromatic N) is 1. The van der Waals surface area contributed by atoms with Crippen LogP contribution in [-0.2, 0) is 0 Å². The van der Waals surface area contributed by atoms with Crippen molar-refractivity contribution in [3.05, 3.63) is 40.2 Å². The number of para-hydroxylation sites is 1. The van der Waals surface area contributed by atoms with Gasteiger partial charge in [-0.1, -0.05) is 12.1 Å². The molecule has 0 saturated carbocycles. The summed E-state index contributed by atoms with van der Waals surface area (Å²) in [6.45, 7) is 2.07. The lowest BCUT2D eigenvalue weighted by Gasteiger charge is -2.33. The molecule has 1 aromatic carbocycles. The van der Waals surface area contributed by atoms with Gasteiger partial charge in [0.15, 0.2) is 11.3 Å². The molecule has 1 saturated heterocycles. The highest BCUT2D eigenvalue weighted by atomic mass is 16.5. The first-order valence-electron chi connectivity index (χ1n) is 8.20. The van der Waals surface area contributed by atoms with Gasteiger partial charge in [0.05, 0.1) is 27.2 Å². The van der Waals surface area contributed by atoms with E-state index in [9.17, 15) is 9.59 Å².